The van der Waals surface area contributed by atoms with E-state index in [0.29, 0.717) is 17.5 Å². The molecule has 2 aliphatic carbocycles. The van der Waals surface area contributed by atoms with E-state index in [1.807, 2.05) is 48.6 Å². The molecule has 8 rings (SSSR count). The zero-order valence-corrected chi connectivity index (χ0v) is 25.1. The van der Waals surface area contributed by atoms with Crippen molar-refractivity contribution in [2.24, 2.45) is 0 Å². The van der Waals surface area contributed by atoms with Gasteiger partial charge >= 0.3 is 0 Å². The summed E-state index contributed by atoms with van der Waals surface area (Å²) in [6.07, 6.45) is 5.64. The maximum atomic E-state index is 4.93. The summed E-state index contributed by atoms with van der Waals surface area (Å²) in [5, 5.41) is 0. The van der Waals surface area contributed by atoms with Crippen molar-refractivity contribution < 1.29 is 0 Å². The molecule has 212 valence electrons. The Morgan fingerprint density at radius 1 is 0.489 bits per heavy atom. The van der Waals surface area contributed by atoms with Crippen LogP contribution in [-0.4, -0.2) is 15.0 Å². The van der Waals surface area contributed by atoms with Crippen molar-refractivity contribution in [2.75, 3.05) is 0 Å². The molecule has 0 spiro atoms. The van der Waals surface area contributed by atoms with Crippen molar-refractivity contribution in [1.82, 2.24) is 15.0 Å². The normalized spacial score (nSPS) is 13.8. The van der Waals surface area contributed by atoms with Crippen LogP contribution in [0.15, 0.2) is 151 Å². The van der Waals surface area contributed by atoms with E-state index >= 15 is 0 Å². The van der Waals surface area contributed by atoms with E-state index < -0.39 is 0 Å². The maximum Gasteiger partial charge on any atom is 0.164 e. The molecule has 2 aliphatic rings. The molecule has 3 heteroatoms. The van der Waals surface area contributed by atoms with Gasteiger partial charge in [-0.2, -0.15) is 0 Å². The third-order valence-corrected chi connectivity index (χ3v) is 8.79. The third kappa shape index (κ3) is 4.69. The van der Waals surface area contributed by atoms with Gasteiger partial charge in [0.15, 0.2) is 17.5 Å². The number of aromatic nitrogens is 3. The minimum Gasteiger partial charge on any atom is -0.208 e. The molecule has 0 saturated heterocycles. The van der Waals surface area contributed by atoms with Gasteiger partial charge in [-0.05, 0) is 74.9 Å². The molecular weight excluding hydrogens is 546 g/mol. The van der Waals surface area contributed by atoms with E-state index in [2.05, 4.69) is 116 Å². The lowest BCUT2D eigenvalue weighted by atomic mass is 9.78. The Balaban J connectivity index is 1.21. The lowest BCUT2D eigenvalue weighted by Gasteiger charge is -2.24. The van der Waals surface area contributed by atoms with Crippen molar-refractivity contribution >= 4 is 5.57 Å². The third-order valence-electron chi connectivity index (χ3n) is 8.79. The van der Waals surface area contributed by atoms with Crippen molar-refractivity contribution in [3.8, 4) is 56.2 Å². The zero-order valence-electron chi connectivity index (χ0n) is 25.1. The first kappa shape index (κ1) is 26.8. The number of rotatable bonds is 5. The molecule has 0 saturated carbocycles. The van der Waals surface area contributed by atoms with E-state index in [0.717, 1.165) is 27.8 Å². The summed E-state index contributed by atoms with van der Waals surface area (Å²) in [6.45, 7) is 4.68. The van der Waals surface area contributed by atoms with Crippen LogP contribution in [0, 0.1) is 0 Å². The molecule has 6 aromatic rings. The van der Waals surface area contributed by atoms with E-state index in [-0.39, 0.29) is 5.41 Å². The van der Waals surface area contributed by atoms with Gasteiger partial charge in [0.05, 0.1) is 0 Å². The van der Waals surface area contributed by atoms with Crippen molar-refractivity contribution in [3.05, 3.63) is 168 Å². The average molecular weight is 576 g/mol. The summed E-state index contributed by atoms with van der Waals surface area (Å²) in [4.78, 5) is 14.7. The number of allylic oxidation sites excluding steroid dienone is 4. The van der Waals surface area contributed by atoms with Crippen LogP contribution >= 0.6 is 0 Å². The molecule has 0 unspecified atom stereocenters. The van der Waals surface area contributed by atoms with Gasteiger partial charge in [-0.25, -0.2) is 15.0 Å². The van der Waals surface area contributed by atoms with Crippen molar-refractivity contribution in [1.29, 1.82) is 0 Å². The van der Waals surface area contributed by atoms with Gasteiger partial charge in [-0.1, -0.05) is 135 Å². The maximum absolute atomic E-state index is 4.93. The molecule has 3 nitrogen and oxygen atoms in total. The van der Waals surface area contributed by atoms with Crippen LogP contribution in [0.2, 0.25) is 0 Å². The van der Waals surface area contributed by atoms with Crippen LogP contribution in [0.1, 0.15) is 30.8 Å². The molecule has 0 fully saturated rings. The SMILES string of the molecule is CC1(C)c2ccccc2-c2cccc(-c3cccc(-c4cccc(-c5nc(C6=CC=C=C=C6)nc(-c6ccccc6)n5)c4)c3)c21. The van der Waals surface area contributed by atoms with Crippen LogP contribution in [0.4, 0.5) is 0 Å². The fraction of sp³-hybridized carbons (Fsp3) is 0.0714. The van der Waals surface area contributed by atoms with Crippen LogP contribution in [0.5, 0.6) is 0 Å². The number of hydrogen-bond acceptors (Lipinski definition) is 3. The summed E-state index contributed by atoms with van der Waals surface area (Å²) < 4.78 is 0. The van der Waals surface area contributed by atoms with Crippen LogP contribution in [0.25, 0.3) is 61.7 Å². The van der Waals surface area contributed by atoms with Crippen LogP contribution < -0.4 is 0 Å². The average Bonchev–Trinajstić information content (AvgIpc) is 3.35. The summed E-state index contributed by atoms with van der Waals surface area (Å²) >= 11 is 0. The molecule has 0 atom stereocenters. The van der Waals surface area contributed by atoms with E-state index in [4.69, 9.17) is 15.0 Å². The monoisotopic (exact) mass is 575 g/mol. The largest absolute Gasteiger partial charge is 0.208 e. The molecule has 1 heterocycles. The molecule has 0 radical (unpaired) electrons. The second-order valence-electron chi connectivity index (χ2n) is 12.0. The van der Waals surface area contributed by atoms with Gasteiger partial charge < -0.3 is 0 Å². The Kier molecular flexibility index (Phi) is 6.36. The van der Waals surface area contributed by atoms with Gasteiger partial charge in [0.1, 0.15) is 0 Å². The van der Waals surface area contributed by atoms with Crippen molar-refractivity contribution in [3.63, 3.8) is 0 Å². The highest BCUT2D eigenvalue weighted by Crippen LogP contribution is 2.52. The smallest absolute Gasteiger partial charge is 0.164 e. The number of fused-ring (bicyclic) bond motifs is 3. The summed E-state index contributed by atoms with van der Waals surface area (Å²) in [5.41, 5.74) is 18.8. The Morgan fingerprint density at radius 2 is 1.07 bits per heavy atom. The van der Waals surface area contributed by atoms with Gasteiger partial charge in [0.2, 0.25) is 0 Å². The molecular formula is C42H29N3. The van der Waals surface area contributed by atoms with Gasteiger partial charge in [-0.3, -0.25) is 0 Å². The Morgan fingerprint density at radius 3 is 1.84 bits per heavy atom. The first-order chi connectivity index (χ1) is 22.1. The van der Waals surface area contributed by atoms with Gasteiger partial charge in [-0.15, -0.1) is 0 Å². The molecule has 45 heavy (non-hydrogen) atoms. The fourth-order valence-corrected chi connectivity index (χ4v) is 6.63. The topological polar surface area (TPSA) is 38.7 Å². The van der Waals surface area contributed by atoms with E-state index in [9.17, 15) is 0 Å². The highest BCUT2D eigenvalue weighted by molar-refractivity contribution is 5.89. The number of hydrogen-bond donors (Lipinski definition) is 0. The van der Waals surface area contributed by atoms with Crippen LogP contribution in [-0.2, 0) is 5.41 Å². The standard InChI is InChI=1S/C42H29N3/c1-42(2)37-25-10-9-22-35(37)36-24-13-23-34(38(36)42)32-20-11-18-30(26-32)31-19-12-21-33(27-31)41-44-39(28-14-5-3-6-15-28)43-40(45-41)29-16-7-4-8-17-29/h3,5-7,9-27H,1-2H3. The Hall–Kier alpha value is -5.85. The molecule has 1 aromatic heterocycles. The summed E-state index contributed by atoms with van der Waals surface area (Å²) in [5.74, 6) is 1.88. The summed E-state index contributed by atoms with van der Waals surface area (Å²) in [6, 6.07) is 42.9. The van der Waals surface area contributed by atoms with E-state index in [1.165, 1.54) is 33.4 Å². The molecule has 0 aliphatic heterocycles. The first-order valence-electron chi connectivity index (χ1n) is 15.2. The highest BCUT2D eigenvalue weighted by Gasteiger charge is 2.37. The number of benzene rings is 5. The summed E-state index contributed by atoms with van der Waals surface area (Å²) in [7, 11) is 0. The van der Waals surface area contributed by atoms with Gasteiger partial charge in [0.25, 0.3) is 0 Å². The Bertz CT molecular complexity index is 2260. The molecule has 0 bridgehead atoms. The molecule has 0 amide bonds. The van der Waals surface area contributed by atoms with Crippen molar-refractivity contribution in [2.45, 2.75) is 19.3 Å². The fourth-order valence-electron chi connectivity index (χ4n) is 6.63. The first-order valence-corrected chi connectivity index (χ1v) is 15.2. The Labute approximate surface area is 263 Å². The minimum absolute atomic E-state index is 0.0835. The number of nitrogens with zero attached hydrogens (tertiary/aromatic N) is 3. The molecule has 5 aromatic carbocycles. The highest BCUT2D eigenvalue weighted by atomic mass is 15.0. The zero-order chi connectivity index (χ0) is 30.4. The predicted molar refractivity (Wildman–Crippen MR) is 183 cm³/mol. The van der Waals surface area contributed by atoms with Gasteiger partial charge in [0, 0.05) is 22.1 Å². The van der Waals surface area contributed by atoms with Crippen LogP contribution in [0.3, 0.4) is 0 Å². The second-order valence-corrected chi connectivity index (χ2v) is 12.0. The molecule has 0 N–H and O–H groups in total. The predicted octanol–water partition coefficient (Wildman–Crippen LogP) is 10.1. The second kappa shape index (κ2) is 10.7. The lowest BCUT2D eigenvalue weighted by molar-refractivity contribution is 0.662. The minimum atomic E-state index is -0.0835. The van der Waals surface area contributed by atoms with E-state index in [1.54, 1.807) is 0 Å². The lowest BCUT2D eigenvalue weighted by Crippen LogP contribution is -2.16. The quantitative estimate of drug-likeness (QED) is 0.192.